The van der Waals surface area contributed by atoms with Gasteiger partial charge in [-0.2, -0.15) is 5.10 Å². The van der Waals surface area contributed by atoms with Gasteiger partial charge in [0, 0.05) is 13.2 Å². The maximum atomic E-state index is 11.7. The van der Waals surface area contributed by atoms with Gasteiger partial charge in [0.2, 0.25) is 0 Å². The van der Waals surface area contributed by atoms with Crippen molar-refractivity contribution >= 4 is 28.8 Å². The molecule has 0 radical (unpaired) electrons. The van der Waals surface area contributed by atoms with Gasteiger partial charge < -0.3 is 10.5 Å². The molecular weight excluding hydrogens is 320 g/mol. The highest BCUT2D eigenvalue weighted by atomic mass is 32.1. The Labute approximate surface area is 134 Å². The van der Waals surface area contributed by atoms with Crippen LogP contribution in [0, 0.1) is 0 Å². The quantitative estimate of drug-likeness (QED) is 0.799. The summed E-state index contributed by atoms with van der Waals surface area (Å²) in [7, 11) is 1.83. The topological polar surface area (TPSA) is 83.0 Å². The third-order valence-electron chi connectivity index (χ3n) is 3.61. The van der Waals surface area contributed by atoms with Crippen LogP contribution in [0.5, 0.6) is 10.8 Å². The Morgan fingerprint density at radius 3 is 3.00 bits per heavy atom. The van der Waals surface area contributed by atoms with Crippen molar-refractivity contribution in [3.8, 4) is 21.3 Å². The van der Waals surface area contributed by atoms with Gasteiger partial charge >= 0.3 is 0 Å². The molecule has 112 valence electrons. The molecule has 0 bridgehead atoms. The second-order valence-electron chi connectivity index (χ2n) is 5.07. The summed E-state index contributed by atoms with van der Waals surface area (Å²) >= 11 is 2.73. The second kappa shape index (κ2) is 4.92. The van der Waals surface area contributed by atoms with Crippen molar-refractivity contribution in [1.82, 2.24) is 14.2 Å². The predicted molar refractivity (Wildman–Crippen MR) is 84.6 cm³/mol. The number of amides is 1. The van der Waals surface area contributed by atoms with Gasteiger partial charge in [0.1, 0.15) is 0 Å². The lowest BCUT2D eigenvalue weighted by Gasteiger charge is -2.13. The number of rotatable bonds is 3. The van der Waals surface area contributed by atoms with Gasteiger partial charge in [0.05, 0.1) is 27.7 Å². The summed E-state index contributed by atoms with van der Waals surface area (Å²) in [6.45, 7) is 0. The molecule has 1 aliphatic rings. The van der Waals surface area contributed by atoms with E-state index in [-0.39, 0.29) is 0 Å². The zero-order chi connectivity index (χ0) is 15.3. The van der Waals surface area contributed by atoms with Gasteiger partial charge in [0.25, 0.3) is 5.91 Å². The van der Waals surface area contributed by atoms with E-state index in [2.05, 4.69) is 9.47 Å². The number of aromatic nitrogens is 3. The van der Waals surface area contributed by atoms with Gasteiger partial charge in [-0.05, 0) is 35.5 Å². The molecule has 4 rings (SSSR count). The highest BCUT2D eigenvalue weighted by Crippen LogP contribution is 2.49. The number of hydrogen-bond donors (Lipinski definition) is 1. The van der Waals surface area contributed by atoms with Crippen LogP contribution in [0.2, 0.25) is 0 Å². The summed E-state index contributed by atoms with van der Waals surface area (Å²) in [5.41, 5.74) is 8.67. The fourth-order valence-corrected chi connectivity index (χ4v) is 4.65. The van der Waals surface area contributed by atoms with E-state index in [0.717, 1.165) is 28.8 Å². The average molecular weight is 332 g/mol. The molecule has 0 fully saturated rings. The van der Waals surface area contributed by atoms with Gasteiger partial charge in [-0.25, -0.2) is 4.37 Å². The maximum absolute atomic E-state index is 11.7. The van der Waals surface area contributed by atoms with E-state index in [0.29, 0.717) is 15.7 Å². The number of aryl methyl sites for hydroxylation is 2. The number of thiophene rings is 1. The molecule has 0 atom stereocenters. The Morgan fingerprint density at radius 1 is 1.41 bits per heavy atom. The van der Waals surface area contributed by atoms with Crippen LogP contribution in [0.15, 0.2) is 18.6 Å². The van der Waals surface area contributed by atoms with Crippen LogP contribution >= 0.6 is 22.9 Å². The molecule has 1 amide bonds. The molecule has 0 saturated heterocycles. The van der Waals surface area contributed by atoms with Crippen LogP contribution in [0.4, 0.5) is 0 Å². The van der Waals surface area contributed by atoms with Crippen molar-refractivity contribution in [3.63, 3.8) is 0 Å². The summed E-state index contributed by atoms with van der Waals surface area (Å²) in [4.78, 5) is 13.4. The minimum Gasteiger partial charge on any atom is -0.443 e. The first kappa shape index (κ1) is 13.5. The molecular formula is C14H12N4O2S2. The zero-order valence-corrected chi connectivity index (χ0v) is 13.3. The number of carbonyl (C=O) groups excluding carboxylic acids is 1. The molecule has 3 aromatic heterocycles. The summed E-state index contributed by atoms with van der Waals surface area (Å²) < 4.78 is 11.9. The summed E-state index contributed by atoms with van der Waals surface area (Å²) in [6, 6.07) is 0. The Kier molecular flexibility index (Phi) is 3.02. The van der Waals surface area contributed by atoms with E-state index in [1.807, 2.05) is 13.2 Å². The number of hydrogen-bond acceptors (Lipinski definition) is 6. The average Bonchev–Trinajstić information content (AvgIpc) is 3.17. The van der Waals surface area contributed by atoms with Crippen molar-refractivity contribution in [2.75, 3.05) is 0 Å². The lowest BCUT2D eigenvalue weighted by Crippen LogP contribution is -2.12. The predicted octanol–water partition coefficient (Wildman–Crippen LogP) is 2.59. The molecule has 6 nitrogen and oxygen atoms in total. The van der Waals surface area contributed by atoms with E-state index < -0.39 is 5.91 Å². The smallest absolute Gasteiger partial charge is 0.259 e. The van der Waals surface area contributed by atoms with E-state index in [1.54, 1.807) is 17.1 Å². The Hall–Kier alpha value is -2.19. The van der Waals surface area contributed by atoms with Crippen LogP contribution < -0.4 is 10.5 Å². The molecule has 3 aromatic rings. The first-order valence-corrected chi connectivity index (χ1v) is 8.28. The Morgan fingerprint density at radius 2 is 2.27 bits per heavy atom. The van der Waals surface area contributed by atoms with E-state index >= 15 is 0 Å². The molecule has 0 aromatic carbocycles. The van der Waals surface area contributed by atoms with E-state index in [4.69, 9.17) is 10.5 Å². The van der Waals surface area contributed by atoms with Crippen LogP contribution in [0.3, 0.4) is 0 Å². The highest BCUT2D eigenvalue weighted by Gasteiger charge is 2.30. The van der Waals surface area contributed by atoms with Crippen LogP contribution in [-0.2, 0) is 19.9 Å². The molecule has 0 unspecified atom stereocenters. The number of fused-ring (bicyclic) bond motifs is 3. The van der Waals surface area contributed by atoms with Crippen molar-refractivity contribution in [3.05, 3.63) is 34.6 Å². The summed E-state index contributed by atoms with van der Waals surface area (Å²) in [6.07, 6.45) is 6.98. The maximum Gasteiger partial charge on any atom is 0.259 e. The SMILES string of the molecule is Cn1cc(Oc2sc(C(N)=O)c3c2-c2sncc2CC3)cn1. The number of ether oxygens (including phenoxy) is 1. The van der Waals surface area contributed by atoms with Crippen LogP contribution in [0.1, 0.15) is 20.8 Å². The van der Waals surface area contributed by atoms with Crippen molar-refractivity contribution in [1.29, 1.82) is 0 Å². The fourth-order valence-electron chi connectivity index (χ4n) is 2.64. The minimum atomic E-state index is -0.407. The Bertz CT molecular complexity index is 877. The van der Waals surface area contributed by atoms with E-state index in [9.17, 15) is 4.79 Å². The summed E-state index contributed by atoms with van der Waals surface area (Å²) in [5.74, 6) is 0.231. The fraction of sp³-hybridized carbons (Fsp3) is 0.214. The van der Waals surface area contributed by atoms with Gasteiger partial charge in [-0.15, -0.1) is 0 Å². The van der Waals surface area contributed by atoms with Crippen molar-refractivity contribution < 1.29 is 9.53 Å². The number of nitrogens with two attached hydrogens (primary N) is 1. The molecule has 2 N–H and O–H groups in total. The van der Waals surface area contributed by atoms with Gasteiger partial charge in [0.15, 0.2) is 10.8 Å². The first-order valence-electron chi connectivity index (χ1n) is 6.69. The second-order valence-corrected chi connectivity index (χ2v) is 6.85. The Balaban J connectivity index is 1.87. The third-order valence-corrected chi connectivity index (χ3v) is 5.59. The molecule has 0 spiro atoms. The molecule has 0 saturated carbocycles. The van der Waals surface area contributed by atoms with Gasteiger partial charge in [-0.3, -0.25) is 9.48 Å². The third kappa shape index (κ3) is 2.03. The molecule has 8 heteroatoms. The standard InChI is InChI=1S/C14H12N4O2S2/c1-18-6-8(5-16-18)20-14-10-9(12(21-14)13(15)19)3-2-7-4-17-22-11(7)10/h4-6H,2-3H2,1H3,(H2,15,19). The largest absolute Gasteiger partial charge is 0.443 e. The molecule has 0 aliphatic heterocycles. The van der Waals surface area contributed by atoms with Crippen molar-refractivity contribution in [2.45, 2.75) is 12.8 Å². The lowest BCUT2D eigenvalue weighted by atomic mass is 9.93. The number of primary amides is 1. The minimum absolute atomic E-state index is 0.407. The number of carbonyl (C=O) groups is 1. The first-order chi connectivity index (χ1) is 10.6. The molecule has 22 heavy (non-hydrogen) atoms. The van der Waals surface area contributed by atoms with Crippen LogP contribution in [-0.4, -0.2) is 20.1 Å². The highest BCUT2D eigenvalue weighted by molar-refractivity contribution is 7.17. The van der Waals surface area contributed by atoms with E-state index in [1.165, 1.54) is 28.4 Å². The normalized spacial score (nSPS) is 12.8. The van der Waals surface area contributed by atoms with Crippen LogP contribution in [0.25, 0.3) is 10.4 Å². The van der Waals surface area contributed by atoms with Crippen molar-refractivity contribution in [2.24, 2.45) is 12.8 Å². The zero-order valence-electron chi connectivity index (χ0n) is 11.7. The number of nitrogens with zero attached hydrogens (tertiary/aromatic N) is 3. The molecule has 3 heterocycles. The summed E-state index contributed by atoms with van der Waals surface area (Å²) in [5, 5.41) is 4.78. The lowest BCUT2D eigenvalue weighted by molar-refractivity contribution is 0.100. The molecule has 1 aliphatic carbocycles. The monoisotopic (exact) mass is 332 g/mol. The van der Waals surface area contributed by atoms with Gasteiger partial charge in [-0.1, -0.05) is 11.3 Å².